The molecule has 0 atom stereocenters. The molecule has 0 saturated heterocycles. The van der Waals surface area contributed by atoms with Gasteiger partial charge in [-0.3, -0.25) is 4.79 Å². The van der Waals surface area contributed by atoms with Gasteiger partial charge in [0.2, 0.25) is 0 Å². The molecule has 4 nitrogen and oxygen atoms in total. The number of hydrogen-bond donors (Lipinski definition) is 0. The van der Waals surface area contributed by atoms with Gasteiger partial charge in [0.15, 0.2) is 0 Å². The van der Waals surface area contributed by atoms with Crippen LogP contribution in [0.5, 0.6) is 0 Å². The lowest BCUT2D eigenvalue weighted by molar-refractivity contribution is 0.614. The molecule has 0 aliphatic heterocycles. The van der Waals surface area contributed by atoms with Crippen molar-refractivity contribution in [2.75, 3.05) is 0 Å². The third-order valence-electron chi connectivity index (χ3n) is 3.38. The van der Waals surface area contributed by atoms with E-state index in [4.69, 9.17) is 0 Å². The summed E-state index contributed by atoms with van der Waals surface area (Å²) in [6.07, 6.45) is 1.75. The van der Waals surface area contributed by atoms with Crippen LogP contribution in [0, 0.1) is 0 Å². The first kappa shape index (κ1) is 11.0. The first-order valence-electron chi connectivity index (χ1n) is 6.05. The minimum Gasteiger partial charge on any atom is -0.323 e. The number of aryl methyl sites for hydroxylation is 1. The molecule has 0 spiro atoms. The lowest BCUT2D eigenvalue weighted by atomic mass is 10.2. The van der Waals surface area contributed by atoms with Gasteiger partial charge in [0.25, 0.3) is 5.56 Å². The fourth-order valence-electron chi connectivity index (χ4n) is 2.40. The van der Waals surface area contributed by atoms with E-state index in [0.29, 0.717) is 5.52 Å². The summed E-state index contributed by atoms with van der Waals surface area (Å²) in [5, 5.41) is 1.02. The van der Waals surface area contributed by atoms with E-state index in [2.05, 4.69) is 18.8 Å². The summed E-state index contributed by atoms with van der Waals surface area (Å²) in [4.78, 5) is 16.9. The second-order valence-electron chi connectivity index (χ2n) is 4.82. The average Bonchev–Trinajstić information content (AvgIpc) is 2.81. The molecule has 0 aliphatic carbocycles. The van der Waals surface area contributed by atoms with E-state index in [0.717, 1.165) is 16.4 Å². The van der Waals surface area contributed by atoms with E-state index < -0.39 is 0 Å². The van der Waals surface area contributed by atoms with Gasteiger partial charge in [0.05, 0.1) is 11.8 Å². The van der Waals surface area contributed by atoms with Crippen LogP contribution < -0.4 is 5.56 Å². The van der Waals surface area contributed by atoms with Crippen LogP contribution in [0.2, 0.25) is 0 Å². The monoisotopic (exact) mass is 241 g/mol. The Kier molecular flexibility index (Phi) is 2.26. The molecule has 0 bridgehead atoms. The van der Waals surface area contributed by atoms with Crippen molar-refractivity contribution < 1.29 is 0 Å². The predicted octanol–water partition coefficient (Wildman–Crippen LogP) is 2.47. The fourth-order valence-corrected chi connectivity index (χ4v) is 2.40. The number of rotatable bonds is 1. The molecule has 0 saturated carbocycles. The first-order chi connectivity index (χ1) is 8.61. The zero-order valence-electron chi connectivity index (χ0n) is 10.7. The zero-order chi connectivity index (χ0) is 12.9. The maximum Gasteiger partial charge on any atom is 0.276 e. The second-order valence-corrected chi connectivity index (χ2v) is 4.82. The Hall–Kier alpha value is -2.10. The Morgan fingerprint density at radius 1 is 1.22 bits per heavy atom. The minimum absolute atomic E-state index is 0.00917. The van der Waals surface area contributed by atoms with Crippen molar-refractivity contribution in [2.45, 2.75) is 19.9 Å². The molecule has 4 heteroatoms. The predicted molar refractivity (Wildman–Crippen MR) is 72.9 cm³/mol. The first-order valence-corrected chi connectivity index (χ1v) is 6.05. The van der Waals surface area contributed by atoms with Gasteiger partial charge in [-0.15, -0.1) is 0 Å². The fraction of sp³-hybridized carbons (Fsp3) is 0.286. The summed E-state index contributed by atoms with van der Waals surface area (Å²) in [6.45, 7) is 4.10. The van der Waals surface area contributed by atoms with E-state index in [1.165, 1.54) is 0 Å². The molecular weight excluding hydrogens is 226 g/mol. The topological polar surface area (TPSA) is 39.8 Å². The van der Waals surface area contributed by atoms with Crippen molar-refractivity contribution in [3.63, 3.8) is 0 Å². The summed E-state index contributed by atoms with van der Waals surface area (Å²) >= 11 is 0. The lowest BCUT2D eigenvalue weighted by Gasteiger charge is -2.10. The molecule has 2 aromatic heterocycles. The van der Waals surface area contributed by atoms with E-state index >= 15 is 0 Å². The van der Waals surface area contributed by atoms with Gasteiger partial charge >= 0.3 is 0 Å². The normalized spacial score (nSPS) is 11.8. The standard InChI is InChI=1S/C14H15N3O/c1-9(2)17-8-15-12-10-6-4-5-7-11(10)16(3)14(18)13(12)17/h4-9H,1-3H3. The van der Waals surface area contributed by atoms with E-state index in [-0.39, 0.29) is 11.6 Å². The van der Waals surface area contributed by atoms with Crippen LogP contribution in [0.3, 0.4) is 0 Å². The van der Waals surface area contributed by atoms with Gasteiger partial charge in [-0.05, 0) is 19.9 Å². The quantitative estimate of drug-likeness (QED) is 0.656. The molecule has 0 amide bonds. The van der Waals surface area contributed by atoms with Crippen LogP contribution in [0.15, 0.2) is 35.4 Å². The average molecular weight is 241 g/mol. The molecule has 92 valence electrons. The maximum atomic E-state index is 12.4. The number of nitrogens with zero attached hydrogens (tertiary/aromatic N) is 3. The number of fused-ring (bicyclic) bond motifs is 3. The zero-order valence-corrected chi connectivity index (χ0v) is 10.7. The van der Waals surface area contributed by atoms with Crippen LogP contribution in [0.1, 0.15) is 19.9 Å². The third-order valence-corrected chi connectivity index (χ3v) is 3.38. The van der Waals surface area contributed by atoms with Crippen molar-refractivity contribution in [1.29, 1.82) is 0 Å². The Morgan fingerprint density at radius 2 is 1.94 bits per heavy atom. The number of hydrogen-bond acceptors (Lipinski definition) is 2. The molecule has 0 N–H and O–H groups in total. The van der Waals surface area contributed by atoms with Crippen molar-refractivity contribution in [1.82, 2.24) is 14.1 Å². The maximum absolute atomic E-state index is 12.4. The molecule has 0 fully saturated rings. The third kappa shape index (κ3) is 1.32. The van der Waals surface area contributed by atoms with Gasteiger partial charge < -0.3 is 9.13 Å². The molecule has 0 aliphatic rings. The highest BCUT2D eigenvalue weighted by Crippen LogP contribution is 2.22. The number of para-hydroxylation sites is 1. The summed E-state index contributed by atoms with van der Waals surface area (Å²) in [6, 6.07) is 8.09. The van der Waals surface area contributed by atoms with Crippen LogP contribution in [-0.2, 0) is 7.05 Å². The van der Waals surface area contributed by atoms with E-state index in [9.17, 15) is 4.79 Å². The molecule has 18 heavy (non-hydrogen) atoms. The Bertz CT molecular complexity index is 796. The highest BCUT2D eigenvalue weighted by Gasteiger charge is 2.14. The van der Waals surface area contributed by atoms with Crippen molar-refractivity contribution in [3.8, 4) is 0 Å². The van der Waals surface area contributed by atoms with Crippen LogP contribution >= 0.6 is 0 Å². The summed E-state index contributed by atoms with van der Waals surface area (Å²) in [7, 11) is 1.81. The smallest absolute Gasteiger partial charge is 0.276 e. The molecular formula is C14H15N3O. The molecule has 0 radical (unpaired) electrons. The SMILES string of the molecule is CC(C)n1cnc2c3ccccc3n(C)c(=O)c21. The molecule has 2 heterocycles. The van der Waals surface area contributed by atoms with Gasteiger partial charge in [-0.1, -0.05) is 18.2 Å². The summed E-state index contributed by atoms with van der Waals surface area (Å²) in [5.74, 6) is 0. The highest BCUT2D eigenvalue weighted by molar-refractivity contribution is 6.02. The lowest BCUT2D eigenvalue weighted by Crippen LogP contribution is -2.20. The highest BCUT2D eigenvalue weighted by atomic mass is 16.1. The number of pyridine rings is 1. The van der Waals surface area contributed by atoms with Gasteiger partial charge in [0.1, 0.15) is 11.0 Å². The molecule has 3 aromatic rings. The van der Waals surface area contributed by atoms with Gasteiger partial charge in [0, 0.05) is 18.5 Å². The second kappa shape index (κ2) is 3.70. The van der Waals surface area contributed by atoms with Gasteiger partial charge in [-0.25, -0.2) is 4.98 Å². The van der Waals surface area contributed by atoms with Crippen molar-refractivity contribution >= 4 is 21.9 Å². The van der Waals surface area contributed by atoms with Crippen LogP contribution in [-0.4, -0.2) is 14.1 Å². The number of aromatic nitrogens is 3. The molecule has 1 aromatic carbocycles. The Morgan fingerprint density at radius 3 is 2.67 bits per heavy atom. The number of imidazole rings is 1. The van der Waals surface area contributed by atoms with Gasteiger partial charge in [-0.2, -0.15) is 0 Å². The van der Waals surface area contributed by atoms with Crippen molar-refractivity contribution in [2.24, 2.45) is 7.05 Å². The van der Waals surface area contributed by atoms with E-state index in [1.54, 1.807) is 10.9 Å². The Labute approximate surface area is 104 Å². The van der Waals surface area contributed by atoms with Crippen LogP contribution in [0.4, 0.5) is 0 Å². The minimum atomic E-state index is 0.00917. The van der Waals surface area contributed by atoms with Crippen molar-refractivity contribution in [3.05, 3.63) is 40.9 Å². The summed E-state index contributed by atoms with van der Waals surface area (Å²) in [5.41, 5.74) is 2.41. The van der Waals surface area contributed by atoms with Crippen LogP contribution in [0.25, 0.3) is 21.9 Å². The molecule has 3 rings (SSSR count). The summed E-state index contributed by atoms with van der Waals surface area (Å²) < 4.78 is 3.63. The number of benzene rings is 1. The van der Waals surface area contributed by atoms with E-state index in [1.807, 2.05) is 35.9 Å². The Balaban J connectivity index is 2.62. The largest absolute Gasteiger partial charge is 0.323 e. The molecule has 0 unspecified atom stereocenters.